The summed E-state index contributed by atoms with van der Waals surface area (Å²) < 4.78 is 0. The van der Waals surface area contributed by atoms with E-state index >= 15 is 0 Å². The number of nitrogens with one attached hydrogen (secondary N) is 1. The van der Waals surface area contributed by atoms with Crippen LogP contribution in [0.15, 0.2) is 0 Å². The lowest BCUT2D eigenvalue weighted by Gasteiger charge is -2.39. The second-order valence-corrected chi connectivity index (χ2v) is 7.28. The van der Waals surface area contributed by atoms with Crippen LogP contribution in [0.3, 0.4) is 0 Å². The van der Waals surface area contributed by atoms with Crippen molar-refractivity contribution in [3.8, 4) is 0 Å². The van der Waals surface area contributed by atoms with Gasteiger partial charge in [-0.1, -0.05) is 13.8 Å². The third kappa shape index (κ3) is 5.35. The molecule has 140 valence electrons. The topological polar surface area (TPSA) is 52.7 Å². The van der Waals surface area contributed by atoms with Gasteiger partial charge in [-0.2, -0.15) is 0 Å². The second-order valence-electron chi connectivity index (χ2n) is 7.28. The lowest BCUT2D eigenvalue weighted by molar-refractivity contribution is -0.143. The molecule has 0 aromatic heterocycles. The Hall–Kier alpha value is -0.810. The van der Waals surface area contributed by atoms with Crippen LogP contribution >= 0.6 is 12.4 Å². The fourth-order valence-electron chi connectivity index (χ4n) is 3.84. The van der Waals surface area contributed by atoms with Crippen LogP contribution < -0.4 is 5.32 Å². The molecule has 0 radical (unpaired) electrons. The van der Waals surface area contributed by atoms with Crippen LogP contribution in [-0.2, 0) is 9.59 Å². The van der Waals surface area contributed by atoms with Gasteiger partial charge in [0, 0.05) is 32.1 Å². The van der Waals surface area contributed by atoms with Crippen LogP contribution in [0.2, 0.25) is 0 Å². The van der Waals surface area contributed by atoms with Crippen molar-refractivity contribution < 1.29 is 9.59 Å². The van der Waals surface area contributed by atoms with E-state index in [1.54, 1.807) is 0 Å². The highest BCUT2D eigenvalue weighted by Gasteiger charge is 2.33. The van der Waals surface area contributed by atoms with Crippen molar-refractivity contribution >= 4 is 24.2 Å². The van der Waals surface area contributed by atoms with Crippen LogP contribution in [0.1, 0.15) is 46.0 Å². The Kier molecular flexibility index (Phi) is 9.06. The van der Waals surface area contributed by atoms with Gasteiger partial charge in [0.2, 0.25) is 11.8 Å². The van der Waals surface area contributed by atoms with E-state index < -0.39 is 0 Å². The molecule has 2 fully saturated rings. The van der Waals surface area contributed by atoms with Crippen LogP contribution in [0.25, 0.3) is 0 Å². The Balaban J connectivity index is 0.00000288. The molecule has 2 aliphatic heterocycles. The molecule has 2 saturated heterocycles. The highest BCUT2D eigenvalue weighted by atomic mass is 35.5. The summed E-state index contributed by atoms with van der Waals surface area (Å²) in [5.74, 6) is 1.13. The van der Waals surface area contributed by atoms with Crippen molar-refractivity contribution in [2.45, 2.75) is 46.0 Å². The van der Waals surface area contributed by atoms with E-state index in [9.17, 15) is 9.59 Å². The Morgan fingerprint density at radius 3 is 2.46 bits per heavy atom. The molecule has 2 rings (SSSR count). The van der Waals surface area contributed by atoms with Gasteiger partial charge in [-0.15, -0.1) is 12.4 Å². The predicted octanol–water partition coefficient (Wildman–Crippen LogP) is 2.15. The van der Waals surface area contributed by atoms with Crippen molar-refractivity contribution in [3.05, 3.63) is 0 Å². The van der Waals surface area contributed by atoms with E-state index in [2.05, 4.69) is 5.32 Å². The molecule has 2 aliphatic rings. The van der Waals surface area contributed by atoms with Gasteiger partial charge in [0.25, 0.3) is 0 Å². The number of hydrogen-bond acceptors (Lipinski definition) is 3. The fourth-order valence-corrected chi connectivity index (χ4v) is 3.84. The normalized spacial score (nSPS) is 25.8. The van der Waals surface area contributed by atoms with Gasteiger partial charge in [0.1, 0.15) is 0 Å². The quantitative estimate of drug-likeness (QED) is 0.818. The second kappa shape index (κ2) is 10.2. The standard InChI is InChI=1S/C18H33N3O2.ClH/c1-4-14(2)17(22)21-10-6-8-16(13-21)18(23)20-9-5-7-15(12-20)11-19-3;/h14-16,19H,4-13H2,1-3H3;1H. The maximum atomic E-state index is 12.9. The number of amides is 2. The van der Waals surface area contributed by atoms with Crippen LogP contribution in [0, 0.1) is 17.8 Å². The Morgan fingerprint density at radius 1 is 1.12 bits per heavy atom. The summed E-state index contributed by atoms with van der Waals surface area (Å²) in [4.78, 5) is 29.3. The molecule has 2 heterocycles. The molecule has 0 aromatic carbocycles. The summed E-state index contributed by atoms with van der Waals surface area (Å²) in [5.41, 5.74) is 0. The largest absolute Gasteiger partial charge is 0.342 e. The van der Waals surface area contributed by atoms with Crippen molar-refractivity contribution in [2.75, 3.05) is 39.8 Å². The molecule has 2 amide bonds. The molecule has 1 N–H and O–H groups in total. The minimum absolute atomic E-state index is 0. The number of hydrogen-bond donors (Lipinski definition) is 1. The Bertz CT molecular complexity index is 417. The summed E-state index contributed by atoms with van der Waals surface area (Å²) in [6.45, 7) is 8.20. The molecular weight excluding hydrogens is 326 g/mol. The van der Waals surface area contributed by atoms with Crippen molar-refractivity contribution in [1.82, 2.24) is 15.1 Å². The molecule has 5 nitrogen and oxygen atoms in total. The zero-order valence-corrected chi connectivity index (χ0v) is 16.2. The maximum absolute atomic E-state index is 12.9. The molecule has 24 heavy (non-hydrogen) atoms. The van der Waals surface area contributed by atoms with E-state index in [0.717, 1.165) is 51.9 Å². The van der Waals surface area contributed by atoms with Crippen molar-refractivity contribution in [2.24, 2.45) is 17.8 Å². The molecule has 6 heteroatoms. The molecular formula is C18H34ClN3O2. The summed E-state index contributed by atoms with van der Waals surface area (Å²) in [6.07, 6.45) is 5.04. The third-order valence-electron chi connectivity index (χ3n) is 5.44. The summed E-state index contributed by atoms with van der Waals surface area (Å²) >= 11 is 0. The van der Waals surface area contributed by atoms with E-state index in [1.807, 2.05) is 30.7 Å². The highest BCUT2D eigenvalue weighted by molar-refractivity contribution is 5.85. The maximum Gasteiger partial charge on any atom is 0.227 e. The van der Waals surface area contributed by atoms with Gasteiger partial charge in [-0.25, -0.2) is 0 Å². The van der Waals surface area contributed by atoms with Gasteiger partial charge >= 0.3 is 0 Å². The summed E-state index contributed by atoms with van der Waals surface area (Å²) in [7, 11) is 1.97. The smallest absolute Gasteiger partial charge is 0.227 e. The zero-order valence-electron chi connectivity index (χ0n) is 15.4. The molecule has 0 saturated carbocycles. The molecule has 3 atom stereocenters. The molecule has 0 aliphatic carbocycles. The van der Waals surface area contributed by atoms with E-state index in [1.165, 1.54) is 6.42 Å². The zero-order chi connectivity index (χ0) is 16.8. The summed E-state index contributed by atoms with van der Waals surface area (Å²) in [6, 6.07) is 0. The first-order valence-corrected chi connectivity index (χ1v) is 9.29. The first-order valence-electron chi connectivity index (χ1n) is 9.29. The van der Waals surface area contributed by atoms with Gasteiger partial charge in [0.15, 0.2) is 0 Å². The Labute approximate surface area is 152 Å². The SMILES string of the molecule is CCC(C)C(=O)N1CCCC(C(=O)N2CCCC(CNC)C2)C1.Cl. The number of piperidine rings is 2. The molecule has 0 spiro atoms. The lowest BCUT2D eigenvalue weighted by atomic mass is 9.92. The molecule has 0 bridgehead atoms. The van der Waals surface area contributed by atoms with Gasteiger partial charge < -0.3 is 15.1 Å². The van der Waals surface area contributed by atoms with Gasteiger partial charge in [-0.3, -0.25) is 9.59 Å². The van der Waals surface area contributed by atoms with E-state index in [-0.39, 0.29) is 36.1 Å². The average molecular weight is 360 g/mol. The first kappa shape index (κ1) is 21.2. The predicted molar refractivity (Wildman–Crippen MR) is 99.2 cm³/mol. The van der Waals surface area contributed by atoms with E-state index in [4.69, 9.17) is 0 Å². The van der Waals surface area contributed by atoms with Crippen molar-refractivity contribution in [1.29, 1.82) is 0 Å². The monoisotopic (exact) mass is 359 g/mol. The fraction of sp³-hybridized carbons (Fsp3) is 0.889. The third-order valence-corrected chi connectivity index (χ3v) is 5.44. The molecule has 3 unspecified atom stereocenters. The van der Waals surface area contributed by atoms with Gasteiger partial charge in [0.05, 0.1) is 5.92 Å². The average Bonchev–Trinajstić information content (AvgIpc) is 2.60. The Morgan fingerprint density at radius 2 is 1.79 bits per heavy atom. The first-order chi connectivity index (χ1) is 11.1. The number of likely N-dealkylation sites (tertiary alicyclic amines) is 2. The number of carbonyl (C=O) groups excluding carboxylic acids is 2. The van der Waals surface area contributed by atoms with Crippen molar-refractivity contribution in [3.63, 3.8) is 0 Å². The summed E-state index contributed by atoms with van der Waals surface area (Å²) in [5, 5.41) is 3.23. The van der Waals surface area contributed by atoms with Gasteiger partial charge in [-0.05, 0) is 51.6 Å². The number of carbonyl (C=O) groups is 2. The van der Waals surface area contributed by atoms with Crippen LogP contribution in [0.5, 0.6) is 0 Å². The van der Waals surface area contributed by atoms with Crippen LogP contribution in [-0.4, -0.2) is 61.4 Å². The number of halogens is 1. The molecule has 0 aromatic rings. The number of rotatable bonds is 5. The lowest BCUT2D eigenvalue weighted by Crippen LogP contribution is -2.50. The van der Waals surface area contributed by atoms with E-state index in [0.29, 0.717) is 12.5 Å². The minimum atomic E-state index is 0. The minimum Gasteiger partial charge on any atom is -0.342 e. The highest BCUT2D eigenvalue weighted by Crippen LogP contribution is 2.24. The van der Waals surface area contributed by atoms with Crippen LogP contribution in [0.4, 0.5) is 0 Å². The number of nitrogens with zero attached hydrogens (tertiary/aromatic N) is 2.